The van der Waals surface area contributed by atoms with Gasteiger partial charge in [0.15, 0.2) is 0 Å². The van der Waals surface area contributed by atoms with E-state index in [4.69, 9.17) is 5.41 Å². The maximum atomic E-state index is 12.9. The molecule has 3 N–H and O–H groups in total. The van der Waals surface area contributed by atoms with Crippen LogP contribution in [0.4, 0.5) is 11.6 Å². The van der Waals surface area contributed by atoms with Crippen LogP contribution in [-0.4, -0.2) is 83.7 Å². The van der Waals surface area contributed by atoms with Crippen molar-refractivity contribution in [3.8, 4) is 0 Å². The number of nitrogens with zero attached hydrogens (tertiary/aromatic N) is 5. The first-order chi connectivity index (χ1) is 16.9. The van der Waals surface area contributed by atoms with Crippen molar-refractivity contribution in [1.29, 1.82) is 5.41 Å². The Kier molecular flexibility index (Phi) is 7.87. The van der Waals surface area contributed by atoms with Crippen molar-refractivity contribution in [2.24, 2.45) is 0 Å². The quantitative estimate of drug-likeness (QED) is 0.478. The van der Waals surface area contributed by atoms with E-state index in [1.165, 1.54) is 11.8 Å². The Morgan fingerprint density at radius 1 is 1.20 bits per heavy atom. The summed E-state index contributed by atoms with van der Waals surface area (Å²) in [6, 6.07) is 6.09. The topological polar surface area (TPSA) is 92.5 Å². The van der Waals surface area contributed by atoms with Crippen LogP contribution in [0.5, 0.6) is 0 Å². The van der Waals surface area contributed by atoms with Crippen LogP contribution in [0.2, 0.25) is 0 Å². The molecule has 35 heavy (non-hydrogen) atoms. The zero-order valence-electron chi connectivity index (χ0n) is 21.2. The molecule has 1 aliphatic heterocycles. The summed E-state index contributed by atoms with van der Waals surface area (Å²) < 4.78 is 2.06. The number of hydrogen-bond donors (Lipinski definition) is 3. The molecule has 188 valence electrons. The number of aromatic nitrogens is 2. The lowest BCUT2D eigenvalue weighted by atomic mass is 10.2. The zero-order chi connectivity index (χ0) is 24.9. The average molecular weight is 479 g/mol. The molecule has 4 rings (SSSR count). The minimum absolute atomic E-state index is 0.0655. The highest BCUT2D eigenvalue weighted by Crippen LogP contribution is 2.36. The molecule has 0 atom stereocenters. The van der Waals surface area contributed by atoms with Gasteiger partial charge in [0.2, 0.25) is 0 Å². The summed E-state index contributed by atoms with van der Waals surface area (Å²) in [5.41, 5.74) is 2.45. The highest BCUT2D eigenvalue weighted by atomic mass is 16.2. The van der Waals surface area contributed by atoms with E-state index in [0.717, 1.165) is 64.2 Å². The third kappa shape index (κ3) is 5.91. The number of pyridine rings is 1. The Hall–Kier alpha value is -3.17. The van der Waals surface area contributed by atoms with Crippen molar-refractivity contribution >= 4 is 23.8 Å². The lowest BCUT2D eigenvalue weighted by molar-refractivity contribution is 0.0815. The van der Waals surface area contributed by atoms with Crippen molar-refractivity contribution in [2.45, 2.75) is 38.3 Å². The van der Waals surface area contributed by atoms with Crippen molar-refractivity contribution < 1.29 is 4.79 Å². The Morgan fingerprint density at radius 2 is 1.91 bits per heavy atom. The minimum atomic E-state index is -0.0655. The molecule has 9 nitrogen and oxygen atoms in total. The molecular weight excluding hydrogens is 440 g/mol. The summed E-state index contributed by atoms with van der Waals surface area (Å²) in [5, 5.41) is 14.5. The predicted molar refractivity (Wildman–Crippen MR) is 141 cm³/mol. The fourth-order valence-electron chi connectivity index (χ4n) is 4.91. The van der Waals surface area contributed by atoms with Gasteiger partial charge in [-0.2, -0.15) is 0 Å². The number of amides is 1. The molecule has 0 spiro atoms. The molecule has 1 saturated heterocycles. The first-order valence-electron chi connectivity index (χ1n) is 12.4. The summed E-state index contributed by atoms with van der Waals surface area (Å²) in [5.74, 6) is 1.91. The summed E-state index contributed by atoms with van der Waals surface area (Å²) in [6.45, 7) is 9.39. The fraction of sp³-hybridized carbons (Fsp3) is 0.500. The van der Waals surface area contributed by atoms with Gasteiger partial charge in [0.1, 0.15) is 23.2 Å². The van der Waals surface area contributed by atoms with Gasteiger partial charge in [0.05, 0.1) is 0 Å². The Bertz CT molecular complexity index is 1040. The number of carbonyl (C=O) groups excluding carboxylic acids is 1. The molecule has 0 aromatic carbocycles. The molecule has 0 unspecified atom stereocenters. The largest absolute Gasteiger partial charge is 0.343 e. The molecular formula is C26H38N8O. The van der Waals surface area contributed by atoms with E-state index in [0.29, 0.717) is 22.9 Å². The fourth-order valence-corrected chi connectivity index (χ4v) is 4.91. The van der Waals surface area contributed by atoms with Gasteiger partial charge >= 0.3 is 0 Å². The van der Waals surface area contributed by atoms with Gasteiger partial charge in [-0.25, -0.2) is 4.98 Å². The predicted octanol–water partition coefficient (Wildman–Crippen LogP) is 3.44. The molecule has 1 saturated carbocycles. The molecule has 3 heterocycles. The Morgan fingerprint density at radius 3 is 2.51 bits per heavy atom. The third-order valence-corrected chi connectivity index (χ3v) is 6.91. The Balaban J connectivity index is 1.46. The molecule has 2 aliphatic rings. The van der Waals surface area contributed by atoms with E-state index in [2.05, 4.69) is 49.7 Å². The van der Waals surface area contributed by atoms with Gasteiger partial charge in [0, 0.05) is 70.8 Å². The molecule has 2 aromatic rings. The highest BCUT2D eigenvalue weighted by Gasteiger charge is 2.28. The lowest BCUT2D eigenvalue weighted by Gasteiger charge is -2.32. The van der Waals surface area contributed by atoms with Gasteiger partial charge < -0.3 is 30.4 Å². The molecule has 0 radical (unpaired) electrons. The SMILES string of the molecule is C=C(Nc1ccc(CN2CCN(C)CC2)cn1)Nc1c(C=N)cc(C(=O)N(C)C)n1C1CCCC1. The first-order valence-corrected chi connectivity index (χ1v) is 12.4. The van der Waals surface area contributed by atoms with Crippen molar-refractivity contribution in [3.05, 3.63) is 53.6 Å². The number of nitrogens with one attached hydrogen (secondary N) is 3. The zero-order valence-corrected chi connectivity index (χ0v) is 21.2. The number of likely N-dealkylation sites (N-methyl/N-ethyl adjacent to an activating group) is 1. The van der Waals surface area contributed by atoms with Crippen LogP contribution in [0.25, 0.3) is 0 Å². The summed E-state index contributed by atoms with van der Waals surface area (Å²) in [4.78, 5) is 23.9. The summed E-state index contributed by atoms with van der Waals surface area (Å²) in [6.07, 6.45) is 7.52. The molecule has 1 aliphatic carbocycles. The van der Waals surface area contributed by atoms with Crippen LogP contribution in [-0.2, 0) is 6.54 Å². The highest BCUT2D eigenvalue weighted by molar-refractivity contribution is 5.98. The van der Waals surface area contributed by atoms with Crippen LogP contribution < -0.4 is 10.6 Å². The second-order valence-electron chi connectivity index (χ2n) is 9.85. The van der Waals surface area contributed by atoms with Gasteiger partial charge in [-0.1, -0.05) is 25.5 Å². The Labute approximate surface area is 208 Å². The van der Waals surface area contributed by atoms with E-state index >= 15 is 0 Å². The van der Waals surface area contributed by atoms with E-state index in [9.17, 15) is 4.79 Å². The van der Waals surface area contributed by atoms with E-state index in [1.54, 1.807) is 25.1 Å². The van der Waals surface area contributed by atoms with Crippen LogP contribution in [0.15, 0.2) is 36.8 Å². The summed E-state index contributed by atoms with van der Waals surface area (Å²) >= 11 is 0. The third-order valence-electron chi connectivity index (χ3n) is 6.91. The normalized spacial score (nSPS) is 17.3. The summed E-state index contributed by atoms with van der Waals surface area (Å²) in [7, 11) is 5.67. The molecule has 1 amide bonds. The number of rotatable bonds is 9. The number of hydrogen-bond acceptors (Lipinski definition) is 7. The van der Waals surface area contributed by atoms with E-state index < -0.39 is 0 Å². The standard InChI is InChI=1S/C26H38N8O/c1-19(29-24-10-9-20(17-28-24)18-33-13-11-32(4)12-14-33)30-25-21(16-27)15-23(26(35)31(2)3)34(25)22-7-5-6-8-22/h9-10,15-17,22,27,30H,1,5-8,11-14,18H2,2-4H3,(H,28,29). The average Bonchev–Trinajstić information content (AvgIpc) is 3.49. The smallest absolute Gasteiger partial charge is 0.270 e. The molecule has 2 fully saturated rings. The lowest BCUT2D eigenvalue weighted by Crippen LogP contribution is -2.43. The van der Waals surface area contributed by atoms with Crippen LogP contribution >= 0.6 is 0 Å². The van der Waals surface area contributed by atoms with E-state index in [-0.39, 0.29) is 11.9 Å². The second kappa shape index (κ2) is 11.0. The monoisotopic (exact) mass is 478 g/mol. The minimum Gasteiger partial charge on any atom is -0.343 e. The van der Waals surface area contributed by atoms with Crippen LogP contribution in [0, 0.1) is 5.41 Å². The maximum absolute atomic E-state index is 12.9. The molecule has 2 aromatic heterocycles. The second-order valence-corrected chi connectivity index (χ2v) is 9.85. The van der Waals surface area contributed by atoms with Gasteiger partial charge in [0.25, 0.3) is 5.91 Å². The van der Waals surface area contributed by atoms with Crippen LogP contribution in [0.3, 0.4) is 0 Å². The first kappa shape index (κ1) is 24.9. The van der Waals surface area contributed by atoms with Crippen LogP contribution in [0.1, 0.15) is 53.3 Å². The number of anilines is 2. The molecule has 9 heteroatoms. The van der Waals surface area contributed by atoms with Gasteiger partial charge in [-0.15, -0.1) is 0 Å². The van der Waals surface area contributed by atoms with Crippen molar-refractivity contribution in [1.82, 2.24) is 24.3 Å². The van der Waals surface area contributed by atoms with E-state index in [1.807, 2.05) is 12.3 Å². The van der Waals surface area contributed by atoms with Crippen molar-refractivity contribution in [3.63, 3.8) is 0 Å². The maximum Gasteiger partial charge on any atom is 0.270 e. The van der Waals surface area contributed by atoms with Gasteiger partial charge in [-0.05, 0) is 37.6 Å². The molecule has 0 bridgehead atoms. The van der Waals surface area contributed by atoms with Gasteiger partial charge in [-0.3, -0.25) is 9.69 Å². The van der Waals surface area contributed by atoms with Crippen molar-refractivity contribution in [2.75, 3.05) is 58.0 Å². The number of piperazine rings is 1. The number of carbonyl (C=O) groups is 1.